The molecule has 134 valence electrons. The lowest BCUT2D eigenvalue weighted by Crippen LogP contribution is -2.03. The molecule has 0 aliphatic heterocycles. The van der Waals surface area contributed by atoms with Crippen molar-refractivity contribution in [2.45, 2.75) is 64.7 Å². The van der Waals surface area contributed by atoms with Crippen molar-refractivity contribution in [3.63, 3.8) is 0 Å². The van der Waals surface area contributed by atoms with Crippen LogP contribution in [0, 0.1) is 11.8 Å². The molecule has 0 saturated carbocycles. The summed E-state index contributed by atoms with van der Waals surface area (Å²) in [4.78, 5) is 0. The van der Waals surface area contributed by atoms with Crippen LogP contribution in [-0.4, -0.2) is 0 Å². The van der Waals surface area contributed by atoms with E-state index in [4.69, 9.17) is 0 Å². The number of aryl methyl sites for hydroxylation is 2. The van der Waals surface area contributed by atoms with Crippen molar-refractivity contribution >= 4 is 0 Å². The van der Waals surface area contributed by atoms with Crippen LogP contribution in [0.4, 0.5) is 0 Å². The van der Waals surface area contributed by atoms with Crippen LogP contribution >= 0.6 is 0 Å². The molecule has 1 atom stereocenters. The third kappa shape index (κ3) is 5.12. The number of hydrogen-bond donors (Lipinski definition) is 0. The Balaban J connectivity index is 1.58. The first kappa shape index (κ1) is 18.5. The fourth-order valence-corrected chi connectivity index (χ4v) is 3.56. The van der Waals surface area contributed by atoms with Gasteiger partial charge in [-0.1, -0.05) is 74.6 Å². The molecule has 0 radical (unpaired) electrons. The van der Waals surface area contributed by atoms with Crippen molar-refractivity contribution < 1.29 is 0 Å². The van der Waals surface area contributed by atoms with E-state index in [2.05, 4.69) is 80.3 Å². The molecule has 0 N–H and O–H groups in total. The molecule has 2 aromatic carbocycles. The predicted octanol–water partition coefficient (Wildman–Crippen LogP) is 6.84. The molecule has 0 heterocycles. The molecule has 0 saturated heterocycles. The normalized spacial score (nSPS) is 16.5. The van der Waals surface area contributed by atoms with Gasteiger partial charge in [0.1, 0.15) is 0 Å². The van der Waals surface area contributed by atoms with Crippen molar-refractivity contribution in [1.29, 1.82) is 0 Å². The monoisotopic (exact) mass is 342 g/mol. The minimum Gasteiger partial charge on any atom is -0.0723 e. The van der Waals surface area contributed by atoms with Gasteiger partial charge in [-0.15, -0.1) is 0 Å². The number of hydrogen-bond acceptors (Lipinski definition) is 0. The summed E-state index contributed by atoms with van der Waals surface area (Å²) in [6.45, 7) is 4.45. The largest absolute Gasteiger partial charge is 0.0723 e. The second-order valence-electron chi connectivity index (χ2n) is 7.35. The van der Waals surface area contributed by atoms with Crippen LogP contribution in [-0.2, 0) is 12.8 Å². The van der Waals surface area contributed by atoms with Crippen LogP contribution < -0.4 is 0 Å². The van der Waals surface area contributed by atoms with E-state index in [0.29, 0.717) is 5.92 Å². The zero-order valence-corrected chi connectivity index (χ0v) is 16.2. The third-order valence-electron chi connectivity index (χ3n) is 5.41. The van der Waals surface area contributed by atoms with E-state index in [1.807, 2.05) is 0 Å². The van der Waals surface area contributed by atoms with Crippen molar-refractivity contribution in [3.8, 4) is 11.8 Å². The minimum atomic E-state index is 0.657. The van der Waals surface area contributed by atoms with Crippen LogP contribution in [0.25, 0.3) is 0 Å². The third-order valence-corrected chi connectivity index (χ3v) is 5.41. The molecule has 2 aromatic rings. The molecule has 0 spiro atoms. The van der Waals surface area contributed by atoms with Crippen LogP contribution in [0.5, 0.6) is 0 Å². The SMILES string of the molecule is CCCCc1ccc(C#CC2=CCC(c3ccc(CC)cc3)CC2)cc1. The smallest absolute Gasteiger partial charge is 0.0249 e. The zero-order chi connectivity index (χ0) is 18.2. The molecule has 0 fully saturated rings. The van der Waals surface area contributed by atoms with Gasteiger partial charge in [0.15, 0.2) is 0 Å². The molecule has 0 aromatic heterocycles. The van der Waals surface area contributed by atoms with E-state index < -0.39 is 0 Å². The van der Waals surface area contributed by atoms with Crippen LogP contribution in [0.3, 0.4) is 0 Å². The van der Waals surface area contributed by atoms with Crippen molar-refractivity contribution in [2.24, 2.45) is 0 Å². The number of unbranched alkanes of at least 4 members (excludes halogenated alkanes) is 1. The first-order chi connectivity index (χ1) is 12.8. The Morgan fingerprint density at radius 2 is 1.62 bits per heavy atom. The lowest BCUT2D eigenvalue weighted by molar-refractivity contribution is 0.607. The van der Waals surface area contributed by atoms with Crippen LogP contribution in [0.15, 0.2) is 60.2 Å². The average molecular weight is 343 g/mol. The fraction of sp³-hybridized carbons (Fsp3) is 0.385. The molecule has 0 bridgehead atoms. The summed E-state index contributed by atoms with van der Waals surface area (Å²) in [5, 5.41) is 0. The topological polar surface area (TPSA) is 0 Å². The first-order valence-corrected chi connectivity index (χ1v) is 10.2. The Morgan fingerprint density at radius 1 is 0.885 bits per heavy atom. The molecular weight excluding hydrogens is 312 g/mol. The Morgan fingerprint density at radius 3 is 2.23 bits per heavy atom. The van der Waals surface area contributed by atoms with Gasteiger partial charge >= 0.3 is 0 Å². The summed E-state index contributed by atoms with van der Waals surface area (Å²) >= 11 is 0. The van der Waals surface area contributed by atoms with Crippen LogP contribution in [0.2, 0.25) is 0 Å². The molecule has 1 aliphatic carbocycles. The maximum atomic E-state index is 3.40. The second kappa shape index (κ2) is 9.44. The number of rotatable bonds is 5. The lowest BCUT2D eigenvalue weighted by atomic mass is 9.84. The van der Waals surface area contributed by atoms with E-state index in [9.17, 15) is 0 Å². The van der Waals surface area contributed by atoms with Crippen molar-refractivity contribution in [1.82, 2.24) is 0 Å². The Labute approximate surface area is 159 Å². The predicted molar refractivity (Wildman–Crippen MR) is 112 cm³/mol. The minimum absolute atomic E-state index is 0.657. The fourth-order valence-electron chi connectivity index (χ4n) is 3.56. The maximum absolute atomic E-state index is 3.40. The quantitative estimate of drug-likeness (QED) is 0.522. The highest BCUT2D eigenvalue weighted by Gasteiger charge is 2.15. The van der Waals surface area contributed by atoms with Crippen molar-refractivity contribution in [3.05, 3.63) is 82.4 Å². The second-order valence-corrected chi connectivity index (χ2v) is 7.35. The number of benzene rings is 2. The van der Waals surface area contributed by atoms with Gasteiger partial charge in [-0.25, -0.2) is 0 Å². The molecule has 1 unspecified atom stereocenters. The highest BCUT2D eigenvalue weighted by molar-refractivity contribution is 5.42. The molecule has 26 heavy (non-hydrogen) atoms. The van der Waals surface area contributed by atoms with Gasteiger partial charge in [-0.3, -0.25) is 0 Å². The van der Waals surface area contributed by atoms with Gasteiger partial charge in [0.2, 0.25) is 0 Å². The summed E-state index contributed by atoms with van der Waals surface area (Å²) in [7, 11) is 0. The molecule has 0 amide bonds. The number of allylic oxidation sites excluding steroid dienone is 2. The maximum Gasteiger partial charge on any atom is 0.0249 e. The standard InChI is InChI=1S/C26H30/c1-3-5-6-22-7-9-23(10-8-22)11-12-24-15-19-26(20-16-24)25-17-13-21(4-2)14-18-25/h7-10,13-15,17-18,26H,3-6,16,19-20H2,1-2H3. The summed E-state index contributed by atoms with van der Waals surface area (Å²) < 4.78 is 0. The van der Waals surface area contributed by atoms with Gasteiger partial charge in [0.05, 0.1) is 0 Å². The van der Waals surface area contributed by atoms with Gasteiger partial charge in [-0.05, 0) is 78.8 Å². The Bertz CT molecular complexity index is 779. The summed E-state index contributed by atoms with van der Waals surface area (Å²) in [6.07, 6.45) is 10.6. The van der Waals surface area contributed by atoms with E-state index in [0.717, 1.165) is 24.8 Å². The lowest BCUT2D eigenvalue weighted by Gasteiger charge is -2.20. The summed E-state index contributed by atoms with van der Waals surface area (Å²) in [5.74, 6) is 7.41. The first-order valence-electron chi connectivity index (χ1n) is 10.2. The van der Waals surface area contributed by atoms with Crippen molar-refractivity contribution in [2.75, 3.05) is 0 Å². The van der Waals surface area contributed by atoms with E-state index >= 15 is 0 Å². The van der Waals surface area contributed by atoms with E-state index in [1.165, 1.54) is 47.9 Å². The molecule has 0 heteroatoms. The Kier molecular flexibility index (Phi) is 6.73. The molecule has 1 aliphatic rings. The highest BCUT2D eigenvalue weighted by atomic mass is 14.2. The van der Waals surface area contributed by atoms with Gasteiger partial charge in [-0.2, -0.15) is 0 Å². The Hall–Kier alpha value is -2.26. The van der Waals surface area contributed by atoms with Gasteiger partial charge < -0.3 is 0 Å². The van der Waals surface area contributed by atoms with Crippen LogP contribution in [0.1, 0.15) is 74.1 Å². The van der Waals surface area contributed by atoms with E-state index in [-0.39, 0.29) is 0 Å². The zero-order valence-electron chi connectivity index (χ0n) is 16.2. The average Bonchev–Trinajstić information content (AvgIpc) is 2.72. The van der Waals surface area contributed by atoms with Gasteiger partial charge in [0.25, 0.3) is 0 Å². The van der Waals surface area contributed by atoms with E-state index in [1.54, 1.807) is 0 Å². The van der Waals surface area contributed by atoms with Gasteiger partial charge in [0, 0.05) is 5.56 Å². The molecular formula is C26H30. The highest BCUT2D eigenvalue weighted by Crippen LogP contribution is 2.32. The summed E-state index contributed by atoms with van der Waals surface area (Å²) in [5.41, 5.74) is 6.76. The summed E-state index contributed by atoms with van der Waals surface area (Å²) in [6, 6.07) is 18.0. The molecule has 0 nitrogen and oxygen atoms in total. The molecule has 3 rings (SSSR count).